The lowest BCUT2D eigenvalue weighted by Crippen LogP contribution is -2.24. The van der Waals surface area contributed by atoms with Crippen LogP contribution in [0.15, 0.2) is 30.3 Å². The first-order valence-electron chi connectivity index (χ1n) is 8.02. The van der Waals surface area contributed by atoms with Crippen molar-refractivity contribution in [3.05, 3.63) is 51.5 Å². The molecule has 0 aliphatic heterocycles. The Morgan fingerprint density at radius 1 is 0.962 bits per heavy atom. The fourth-order valence-corrected chi connectivity index (χ4v) is 2.82. The molecule has 0 bridgehead atoms. The Morgan fingerprint density at radius 2 is 1.62 bits per heavy atom. The molecule has 2 aromatic rings. The van der Waals surface area contributed by atoms with Gasteiger partial charge in [0, 0.05) is 12.1 Å². The molecule has 1 N–H and O–H groups in total. The molecule has 0 saturated heterocycles. The summed E-state index contributed by atoms with van der Waals surface area (Å²) < 4.78 is 15.8. The second-order valence-electron chi connectivity index (χ2n) is 5.52. The smallest absolute Gasteiger partial charge is 0.251 e. The Bertz CT molecular complexity index is 755. The van der Waals surface area contributed by atoms with Gasteiger partial charge in [0.1, 0.15) is 0 Å². The van der Waals surface area contributed by atoms with E-state index >= 15 is 0 Å². The molecule has 2 aromatic carbocycles. The van der Waals surface area contributed by atoms with Crippen molar-refractivity contribution in [1.82, 2.24) is 5.32 Å². The summed E-state index contributed by atoms with van der Waals surface area (Å²) in [7, 11) is 4.54. The third-order valence-corrected chi connectivity index (χ3v) is 4.58. The lowest BCUT2D eigenvalue weighted by atomic mass is 10.1. The largest absolute Gasteiger partial charge is 0.493 e. The topological polar surface area (TPSA) is 56.8 Å². The van der Waals surface area contributed by atoms with Crippen LogP contribution in [0.4, 0.5) is 0 Å². The van der Waals surface area contributed by atoms with E-state index in [1.165, 1.54) is 21.3 Å². The summed E-state index contributed by atoms with van der Waals surface area (Å²) in [5.41, 5.74) is 1.51. The number of benzene rings is 2. The second kappa shape index (κ2) is 9.55. The van der Waals surface area contributed by atoms with Crippen molar-refractivity contribution < 1.29 is 19.0 Å². The van der Waals surface area contributed by atoms with Crippen molar-refractivity contribution in [2.45, 2.75) is 12.8 Å². The van der Waals surface area contributed by atoms with Gasteiger partial charge < -0.3 is 19.5 Å². The Labute approximate surface area is 163 Å². The molecular weight excluding hydrogens is 377 g/mol. The summed E-state index contributed by atoms with van der Waals surface area (Å²) in [6.45, 7) is 0.524. The summed E-state index contributed by atoms with van der Waals surface area (Å²) in [4.78, 5) is 12.4. The Morgan fingerprint density at radius 3 is 2.15 bits per heavy atom. The zero-order valence-electron chi connectivity index (χ0n) is 14.9. The molecule has 0 unspecified atom stereocenters. The molecule has 7 heteroatoms. The van der Waals surface area contributed by atoms with Crippen LogP contribution in [0, 0.1) is 0 Å². The lowest BCUT2D eigenvalue weighted by Gasteiger charge is -2.14. The van der Waals surface area contributed by atoms with Crippen molar-refractivity contribution in [3.8, 4) is 17.2 Å². The Hall–Kier alpha value is -2.11. The van der Waals surface area contributed by atoms with Gasteiger partial charge in [-0.1, -0.05) is 29.3 Å². The van der Waals surface area contributed by atoms with Crippen molar-refractivity contribution in [3.63, 3.8) is 0 Å². The fourth-order valence-electron chi connectivity index (χ4n) is 2.50. The standard InChI is InChI=1S/C19H21Cl2NO4/c1-24-16-10-13(11-17(25-2)18(16)26-3)19(23)22-8-4-5-12-6-7-14(20)15(21)9-12/h6-7,9-11H,4-5,8H2,1-3H3,(H,22,23). The first-order valence-corrected chi connectivity index (χ1v) is 8.77. The van der Waals surface area contributed by atoms with Gasteiger partial charge in [-0.05, 0) is 42.7 Å². The number of hydrogen-bond donors (Lipinski definition) is 1. The highest BCUT2D eigenvalue weighted by Crippen LogP contribution is 2.38. The maximum Gasteiger partial charge on any atom is 0.251 e. The number of ether oxygens (including phenoxy) is 3. The monoisotopic (exact) mass is 397 g/mol. The highest BCUT2D eigenvalue weighted by atomic mass is 35.5. The summed E-state index contributed by atoms with van der Waals surface area (Å²) in [5.74, 6) is 1.12. The van der Waals surface area contributed by atoms with Crippen molar-refractivity contribution in [2.75, 3.05) is 27.9 Å². The number of amides is 1. The third-order valence-electron chi connectivity index (χ3n) is 3.84. The van der Waals surface area contributed by atoms with Crippen molar-refractivity contribution in [2.24, 2.45) is 0 Å². The average molecular weight is 398 g/mol. The van der Waals surface area contributed by atoms with Crippen LogP contribution in [-0.2, 0) is 6.42 Å². The van der Waals surface area contributed by atoms with Gasteiger partial charge in [-0.25, -0.2) is 0 Å². The minimum Gasteiger partial charge on any atom is -0.493 e. The number of aryl methyl sites for hydroxylation is 1. The average Bonchev–Trinajstić information content (AvgIpc) is 2.66. The number of methoxy groups -OCH3 is 3. The van der Waals surface area contributed by atoms with E-state index in [2.05, 4.69) is 5.32 Å². The summed E-state index contributed by atoms with van der Waals surface area (Å²) in [5, 5.41) is 3.95. The normalized spacial score (nSPS) is 10.3. The summed E-state index contributed by atoms with van der Waals surface area (Å²) in [6.07, 6.45) is 1.56. The number of hydrogen-bond acceptors (Lipinski definition) is 4. The van der Waals surface area contributed by atoms with Crippen LogP contribution in [0.1, 0.15) is 22.3 Å². The number of halogens is 2. The van der Waals surface area contributed by atoms with Gasteiger partial charge in [0.05, 0.1) is 31.4 Å². The van der Waals surface area contributed by atoms with E-state index in [-0.39, 0.29) is 5.91 Å². The quantitative estimate of drug-likeness (QED) is 0.671. The molecule has 0 fully saturated rings. The van der Waals surface area contributed by atoms with Gasteiger partial charge in [-0.3, -0.25) is 4.79 Å². The maximum absolute atomic E-state index is 12.4. The number of carbonyl (C=O) groups excluding carboxylic acids is 1. The summed E-state index contributed by atoms with van der Waals surface area (Å²) >= 11 is 11.9. The predicted molar refractivity (Wildman–Crippen MR) is 103 cm³/mol. The van der Waals surface area contributed by atoms with Crippen LogP contribution in [0.3, 0.4) is 0 Å². The number of rotatable bonds is 8. The van der Waals surface area contributed by atoms with Gasteiger partial charge in [-0.15, -0.1) is 0 Å². The van der Waals surface area contributed by atoms with Gasteiger partial charge in [-0.2, -0.15) is 0 Å². The van der Waals surface area contributed by atoms with Crippen LogP contribution in [0.2, 0.25) is 10.0 Å². The van der Waals surface area contributed by atoms with Crippen molar-refractivity contribution >= 4 is 29.1 Å². The maximum atomic E-state index is 12.4. The van der Waals surface area contributed by atoms with E-state index in [0.29, 0.717) is 39.4 Å². The van der Waals surface area contributed by atoms with E-state index in [0.717, 1.165) is 18.4 Å². The van der Waals surface area contributed by atoms with Gasteiger partial charge in [0.25, 0.3) is 5.91 Å². The molecule has 0 radical (unpaired) electrons. The van der Waals surface area contributed by atoms with E-state index in [9.17, 15) is 4.79 Å². The molecule has 1 amide bonds. The Balaban J connectivity index is 1.96. The third kappa shape index (κ3) is 4.96. The van der Waals surface area contributed by atoms with Crippen molar-refractivity contribution in [1.29, 1.82) is 0 Å². The molecule has 0 heterocycles. The number of nitrogens with one attached hydrogen (secondary N) is 1. The zero-order chi connectivity index (χ0) is 19.1. The van der Waals surface area contributed by atoms with E-state index in [1.807, 2.05) is 12.1 Å². The fraction of sp³-hybridized carbons (Fsp3) is 0.316. The van der Waals surface area contributed by atoms with E-state index in [1.54, 1.807) is 18.2 Å². The zero-order valence-corrected chi connectivity index (χ0v) is 16.4. The minimum atomic E-state index is -0.210. The lowest BCUT2D eigenvalue weighted by molar-refractivity contribution is 0.0952. The molecule has 26 heavy (non-hydrogen) atoms. The highest BCUT2D eigenvalue weighted by Gasteiger charge is 2.16. The molecule has 0 spiro atoms. The molecule has 0 aromatic heterocycles. The van der Waals surface area contributed by atoms with Crippen LogP contribution in [0.25, 0.3) is 0 Å². The minimum absolute atomic E-state index is 0.210. The molecule has 0 saturated carbocycles. The first-order chi connectivity index (χ1) is 12.5. The second-order valence-corrected chi connectivity index (χ2v) is 6.34. The van der Waals surface area contributed by atoms with Crippen LogP contribution in [0.5, 0.6) is 17.2 Å². The first kappa shape index (κ1) is 20.2. The predicted octanol–water partition coefficient (Wildman–Crippen LogP) is 4.38. The molecule has 0 aliphatic rings. The SMILES string of the molecule is COc1cc(C(=O)NCCCc2ccc(Cl)c(Cl)c2)cc(OC)c1OC. The molecule has 0 atom stereocenters. The Kier molecular flexibility index (Phi) is 7.42. The van der Waals surface area contributed by atoms with E-state index in [4.69, 9.17) is 37.4 Å². The molecule has 2 rings (SSSR count). The molecular formula is C19H21Cl2NO4. The van der Waals surface area contributed by atoms with Crippen LogP contribution in [-0.4, -0.2) is 33.8 Å². The van der Waals surface area contributed by atoms with Crippen LogP contribution >= 0.6 is 23.2 Å². The van der Waals surface area contributed by atoms with Gasteiger partial charge >= 0.3 is 0 Å². The highest BCUT2D eigenvalue weighted by molar-refractivity contribution is 6.42. The van der Waals surface area contributed by atoms with Gasteiger partial charge in [0.15, 0.2) is 11.5 Å². The van der Waals surface area contributed by atoms with E-state index < -0.39 is 0 Å². The molecule has 0 aliphatic carbocycles. The van der Waals surface area contributed by atoms with Gasteiger partial charge in [0.2, 0.25) is 5.75 Å². The number of carbonyl (C=O) groups is 1. The molecule has 5 nitrogen and oxygen atoms in total. The van der Waals surface area contributed by atoms with Crippen LogP contribution < -0.4 is 19.5 Å². The molecule has 140 valence electrons. The summed E-state index contributed by atoms with van der Waals surface area (Å²) in [6, 6.07) is 8.78.